The number of hydrogen-bond donors (Lipinski definition) is 2. The first-order valence-electron chi connectivity index (χ1n) is 6.63. The van der Waals surface area contributed by atoms with E-state index >= 15 is 0 Å². The molecule has 1 aromatic heterocycles. The molecule has 4 nitrogen and oxygen atoms in total. The Bertz CT molecular complexity index is 801. The first kappa shape index (κ1) is 13.7. The smallest absolute Gasteiger partial charge is 0.141 e. The summed E-state index contributed by atoms with van der Waals surface area (Å²) in [5.41, 5.74) is 14.8. The summed E-state index contributed by atoms with van der Waals surface area (Å²) in [5, 5.41) is 0.890. The van der Waals surface area contributed by atoms with Crippen LogP contribution in [0.5, 0.6) is 0 Å². The molecular weight excluding hydrogens is 280 g/mol. The lowest BCUT2D eigenvalue weighted by atomic mass is 10.2. The lowest BCUT2D eigenvalue weighted by molar-refractivity contribution is 1.08. The van der Waals surface area contributed by atoms with Gasteiger partial charge in [0.1, 0.15) is 11.6 Å². The van der Waals surface area contributed by atoms with Crippen molar-refractivity contribution < 1.29 is 0 Å². The molecule has 3 rings (SSSR count). The zero-order chi connectivity index (χ0) is 14.8. The maximum absolute atomic E-state index is 6.02. The fraction of sp³-hybridized carbons (Fsp3) is 0.125. The molecule has 0 amide bonds. The number of thioether (sulfide) groups is 1. The van der Waals surface area contributed by atoms with E-state index in [1.807, 2.05) is 49.4 Å². The van der Waals surface area contributed by atoms with Gasteiger partial charge in [0.2, 0.25) is 0 Å². The Morgan fingerprint density at radius 1 is 1.05 bits per heavy atom. The van der Waals surface area contributed by atoms with Crippen LogP contribution in [-0.2, 0) is 5.75 Å². The van der Waals surface area contributed by atoms with Gasteiger partial charge in [-0.25, -0.2) is 9.97 Å². The highest BCUT2D eigenvalue weighted by molar-refractivity contribution is 7.98. The highest BCUT2D eigenvalue weighted by Crippen LogP contribution is 2.28. The molecule has 21 heavy (non-hydrogen) atoms. The summed E-state index contributed by atoms with van der Waals surface area (Å²) < 4.78 is 0. The van der Waals surface area contributed by atoms with E-state index in [0.717, 1.165) is 32.9 Å². The summed E-state index contributed by atoms with van der Waals surface area (Å²) in [7, 11) is 0. The topological polar surface area (TPSA) is 77.8 Å². The molecule has 0 aliphatic heterocycles. The Balaban J connectivity index is 1.85. The SMILES string of the molecule is Cc1ccc(SCc2nc(N)c3ccccc3n2)c(N)c1. The number of nitrogen functional groups attached to an aromatic ring is 2. The highest BCUT2D eigenvalue weighted by Gasteiger charge is 2.07. The van der Waals surface area contributed by atoms with Gasteiger partial charge in [-0.15, -0.1) is 11.8 Å². The molecule has 0 fully saturated rings. The van der Waals surface area contributed by atoms with Crippen LogP contribution >= 0.6 is 11.8 Å². The molecule has 106 valence electrons. The number of aromatic nitrogens is 2. The Morgan fingerprint density at radius 2 is 1.86 bits per heavy atom. The molecule has 4 N–H and O–H groups in total. The van der Waals surface area contributed by atoms with Crippen LogP contribution in [0.4, 0.5) is 11.5 Å². The van der Waals surface area contributed by atoms with E-state index in [2.05, 4.69) is 9.97 Å². The lowest BCUT2D eigenvalue weighted by Gasteiger charge is -2.07. The molecule has 0 saturated heterocycles. The zero-order valence-corrected chi connectivity index (χ0v) is 12.5. The number of rotatable bonds is 3. The zero-order valence-electron chi connectivity index (χ0n) is 11.7. The van der Waals surface area contributed by atoms with E-state index in [4.69, 9.17) is 11.5 Å². The summed E-state index contributed by atoms with van der Waals surface area (Å²) in [5.74, 6) is 1.88. The van der Waals surface area contributed by atoms with E-state index in [0.29, 0.717) is 11.6 Å². The maximum atomic E-state index is 6.02. The summed E-state index contributed by atoms with van der Waals surface area (Å²) in [6, 6.07) is 13.8. The van der Waals surface area contributed by atoms with Crippen LogP contribution in [-0.4, -0.2) is 9.97 Å². The van der Waals surface area contributed by atoms with Gasteiger partial charge in [0.15, 0.2) is 0 Å². The molecular formula is C16H16N4S. The van der Waals surface area contributed by atoms with Crippen LogP contribution in [0.1, 0.15) is 11.4 Å². The second-order valence-electron chi connectivity index (χ2n) is 4.87. The van der Waals surface area contributed by atoms with Crippen molar-refractivity contribution in [3.05, 3.63) is 53.9 Å². The van der Waals surface area contributed by atoms with Crippen molar-refractivity contribution >= 4 is 34.2 Å². The van der Waals surface area contributed by atoms with Crippen LogP contribution in [0.3, 0.4) is 0 Å². The number of nitrogens with two attached hydrogens (primary N) is 2. The van der Waals surface area contributed by atoms with Crippen molar-refractivity contribution in [2.75, 3.05) is 11.5 Å². The van der Waals surface area contributed by atoms with Crippen LogP contribution in [0.25, 0.3) is 10.9 Å². The fourth-order valence-corrected chi connectivity index (χ4v) is 2.96. The number of para-hydroxylation sites is 1. The van der Waals surface area contributed by atoms with E-state index in [9.17, 15) is 0 Å². The first-order valence-corrected chi connectivity index (χ1v) is 7.62. The Kier molecular flexibility index (Phi) is 3.66. The summed E-state index contributed by atoms with van der Waals surface area (Å²) in [6.07, 6.45) is 0. The molecule has 3 aromatic rings. The minimum atomic E-state index is 0.521. The average molecular weight is 296 g/mol. The Hall–Kier alpha value is -2.27. The van der Waals surface area contributed by atoms with Gasteiger partial charge in [-0.3, -0.25) is 0 Å². The third-order valence-corrected chi connectivity index (χ3v) is 4.29. The van der Waals surface area contributed by atoms with E-state index in [-0.39, 0.29) is 0 Å². The molecule has 2 aromatic carbocycles. The molecule has 0 atom stereocenters. The van der Waals surface area contributed by atoms with Gasteiger partial charge >= 0.3 is 0 Å². The number of benzene rings is 2. The molecule has 0 aliphatic rings. The van der Waals surface area contributed by atoms with Gasteiger partial charge in [-0.05, 0) is 36.8 Å². The molecule has 0 spiro atoms. The first-order chi connectivity index (χ1) is 10.1. The number of nitrogens with zero attached hydrogens (tertiary/aromatic N) is 2. The molecule has 0 bridgehead atoms. The van der Waals surface area contributed by atoms with Crippen LogP contribution < -0.4 is 11.5 Å². The fourth-order valence-electron chi connectivity index (χ4n) is 2.16. The number of fused-ring (bicyclic) bond motifs is 1. The van der Waals surface area contributed by atoms with Crippen molar-refractivity contribution in [1.82, 2.24) is 9.97 Å². The Labute approximate surface area is 127 Å². The van der Waals surface area contributed by atoms with Crippen molar-refractivity contribution in [2.24, 2.45) is 0 Å². The predicted octanol–water partition coefficient (Wildman–Crippen LogP) is 3.39. The second kappa shape index (κ2) is 5.61. The van der Waals surface area contributed by atoms with Gasteiger partial charge in [-0.1, -0.05) is 18.2 Å². The van der Waals surface area contributed by atoms with Crippen LogP contribution in [0.15, 0.2) is 47.4 Å². The number of hydrogen-bond acceptors (Lipinski definition) is 5. The van der Waals surface area contributed by atoms with Crippen molar-refractivity contribution in [2.45, 2.75) is 17.6 Å². The largest absolute Gasteiger partial charge is 0.398 e. The average Bonchev–Trinajstić information content (AvgIpc) is 2.46. The van der Waals surface area contributed by atoms with Crippen LogP contribution in [0, 0.1) is 6.92 Å². The number of anilines is 2. The van der Waals surface area contributed by atoms with Gasteiger partial charge in [-0.2, -0.15) is 0 Å². The monoisotopic (exact) mass is 296 g/mol. The molecule has 0 aliphatic carbocycles. The summed E-state index contributed by atoms with van der Waals surface area (Å²) in [4.78, 5) is 9.95. The molecule has 0 saturated carbocycles. The molecule has 0 radical (unpaired) electrons. The second-order valence-corrected chi connectivity index (χ2v) is 5.89. The lowest BCUT2D eigenvalue weighted by Crippen LogP contribution is -2.00. The predicted molar refractivity (Wildman–Crippen MR) is 89.1 cm³/mol. The van der Waals surface area contributed by atoms with E-state index < -0.39 is 0 Å². The van der Waals surface area contributed by atoms with Crippen molar-refractivity contribution in [1.29, 1.82) is 0 Å². The molecule has 0 unspecified atom stereocenters. The standard InChI is InChI=1S/C16H16N4S/c1-10-6-7-14(12(17)8-10)21-9-15-19-13-5-3-2-4-11(13)16(18)20-15/h2-8H,9,17H2,1H3,(H2,18,19,20). The van der Waals surface area contributed by atoms with Crippen LogP contribution in [0.2, 0.25) is 0 Å². The maximum Gasteiger partial charge on any atom is 0.141 e. The van der Waals surface area contributed by atoms with Crippen molar-refractivity contribution in [3.63, 3.8) is 0 Å². The summed E-state index contributed by atoms with van der Waals surface area (Å²) in [6.45, 7) is 2.03. The van der Waals surface area contributed by atoms with Crippen molar-refractivity contribution in [3.8, 4) is 0 Å². The number of aryl methyl sites for hydroxylation is 1. The minimum absolute atomic E-state index is 0.521. The minimum Gasteiger partial charge on any atom is -0.398 e. The third-order valence-electron chi connectivity index (χ3n) is 3.20. The third kappa shape index (κ3) is 2.92. The highest BCUT2D eigenvalue weighted by atomic mass is 32.2. The van der Waals surface area contributed by atoms with Gasteiger partial charge in [0.05, 0.1) is 11.3 Å². The van der Waals surface area contributed by atoms with E-state index in [1.165, 1.54) is 0 Å². The van der Waals surface area contributed by atoms with Gasteiger partial charge in [0.25, 0.3) is 0 Å². The normalized spacial score (nSPS) is 10.9. The van der Waals surface area contributed by atoms with Gasteiger partial charge < -0.3 is 11.5 Å². The Morgan fingerprint density at radius 3 is 2.67 bits per heavy atom. The summed E-state index contributed by atoms with van der Waals surface area (Å²) >= 11 is 1.62. The molecule has 1 heterocycles. The van der Waals surface area contributed by atoms with E-state index in [1.54, 1.807) is 11.8 Å². The molecule has 5 heteroatoms. The van der Waals surface area contributed by atoms with Gasteiger partial charge in [0, 0.05) is 16.0 Å². The quantitative estimate of drug-likeness (QED) is 0.572.